The van der Waals surface area contributed by atoms with Gasteiger partial charge in [0, 0.05) is 39.4 Å². The fraction of sp³-hybridized carbons (Fsp3) is 0.294. The normalized spacial score (nSPS) is 14.8. The minimum absolute atomic E-state index is 0.0213. The molecule has 0 bridgehead atoms. The Balaban J connectivity index is 1.55. The van der Waals surface area contributed by atoms with Crippen LogP contribution in [0.2, 0.25) is 4.34 Å². The number of anilines is 1. The van der Waals surface area contributed by atoms with Crippen LogP contribution < -0.4 is 10.5 Å². The van der Waals surface area contributed by atoms with E-state index in [9.17, 15) is 9.59 Å². The first kappa shape index (κ1) is 17.0. The lowest BCUT2D eigenvalue weighted by atomic mass is 10.3. The first-order chi connectivity index (χ1) is 12.5. The molecular formula is C17H16ClN5O2S. The van der Waals surface area contributed by atoms with Gasteiger partial charge in [-0.2, -0.15) is 0 Å². The smallest absolute Gasteiger partial charge is 0.293 e. The van der Waals surface area contributed by atoms with Gasteiger partial charge in [-0.25, -0.2) is 4.98 Å². The monoisotopic (exact) mass is 389 g/mol. The van der Waals surface area contributed by atoms with Gasteiger partial charge in [0.05, 0.1) is 26.4 Å². The topological polar surface area (TPSA) is 71.3 Å². The number of pyridine rings is 1. The molecule has 1 saturated heterocycles. The number of amides is 1. The first-order valence-electron chi connectivity index (χ1n) is 8.15. The molecule has 134 valence electrons. The van der Waals surface area contributed by atoms with E-state index >= 15 is 0 Å². The maximum atomic E-state index is 12.7. The van der Waals surface area contributed by atoms with Crippen molar-refractivity contribution in [1.82, 2.24) is 19.4 Å². The standard InChI is InChI=1S/C17H16ClN5O2S/c1-21-12-10-19-5-4-11(12)20-15(17(21)25)22-6-8-23(9-7-22)16(24)13-2-3-14(18)26-13/h2-5,10H,6-9H2,1H3. The van der Waals surface area contributed by atoms with Gasteiger partial charge in [-0.3, -0.25) is 14.6 Å². The molecule has 0 N–H and O–H groups in total. The zero-order valence-electron chi connectivity index (χ0n) is 14.1. The summed E-state index contributed by atoms with van der Waals surface area (Å²) in [6.07, 6.45) is 3.29. The van der Waals surface area contributed by atoms with Crippen LogP contribution in [0.4, 0.5) is 5.82 Å². The first-order valence-corrected chi connectivity index (χ1v) is 9.34. The molecule has 0 atom stereocenters. The van der Waals surface area contributed by atoms with Crippen molar-refractivity contribution in [2.24, 2.45) is 7.05 Å². The second-order valence-electron chi connectivity index (χ2n) is 6.05. The van der Waals surface area contributed by atoms with Crippen molar-refractivity contribution in [2.45, 2.75) is 0 Å². The molecule has 0 aliphatic carbocycles. The van der Waals surface area contributed by atoms with Crippen LogP contribution >= 0.6 is 22.9 Å². The molecule has 4 heterocycles. The van der Waals surface area contributed by atoms with Gasteiger partial charge in [-0.05, 0) is 18.2 Å². The van der Waals surface area contributed by atoms with Gasteiger partial charge in [0.15, 0.2) is 5.82 Å². The number of thiophene rings is 1. The van der Waals surface area contributed by atoms with Crippen molar-refractivity contribution >= 4 is 45.7 Å². The van der Waals surface area contributed by atoms with Gasteiger partial charge in [0.25, 0.3) is 11.5 Å². The second-order valence-corrected chi connectivity index (χ2v) is 7.76. The summed E-state index contributed by atoms with van der Waals surface area (Å²) in [4.78, 5) is 38.1. The summed E-state index contributed by atoms with van der Waals surface area (Å²) in [6, 6.07) is 5.27. The van der Waals surface area contributed by atoms with Crippen molar-refractivity contribution in [3.05, 3.63) is 50.2 Å². The quantitative estimate of drug-likeness (QED) is 0.670. The van der Waals surface area contributed by atoms with Crippen LogP contribution in [0.3, 0.4) is 0 Å². The number of hydrogen-bond acceptors (Lipinski definition) is 6. The molecular weight excluding hydrogens is 374 g/mol. The van der Waals surface area contributed by atoms with Crippen LogP contribution in [0.15, 0.2) is 35.4 Å². The predicted molar refractivity (Wildman–Crippen MR) is 102 cm³/mol. The Morgan fingerprint density at radius 1 is 1.19 bits per heavy atom. The van der Waals surface area contributed by atoms with Crippen LogP contribution in [0, 0.1) is 0 Å². The molecule has 4 rings (SSSR count). The molecule has 1 amide bonds. The number of nitrogens with zero attached hydrogens (tertiary/aromatic N) is 5. The van der Waals surface area contributed by atoms with Crippen molar-refractivity contribution < 1.29 is 4.79 Å². The van der Waals surface area contributed by atoms with Gasteiger partial charge in [-0.1, -0.05) is 11.6 Å². The maximum Gasteiger partial charge on any atom is 0.293 e. The van der Waals surface area contributed by atoms with E-state index in [0.717, 1.165) is 5.52 Å². The summed E-state index contributed by atoms with van der Waals surface area (Å²) < 4.78 is 2.17. The number of rotatable bonds is 2. The molecule has 1 aliphatic rings. The van der Waals surface area contributed by atoms with Crippen molar-refractivity contribution in [2.75, 3.05) is 31.1 Å². The van der Waals surface area contributed by atoms with Crippen LogP contribution in [0.25, 0.3) is 11.0 Å². The third-order valence-corrected chi connectivity index (χ3v) is 5.73. The van der Waals surface area contributed by atoms with Gasteiger partial charge in [0.1, 0.15) is 0 Å². The summed E-state index contributed by atoms with van der Waals surface area (Å²) in [6.45, 7) is 2.19. The minimum Gasteiger partial charge on any atom is -0.348 e. The number of carbonyl (C=O) groups is 1. The molecule has 26 heavy (non-hydrogen) atoms. The number of aryl methyl sites for hydroxylation is 1. The highest BCUT2D eigenvalue weighted by molar-refractivity contribution is 7.17. The largest absolute Gasteiger partial charge is 0.348 e. The van der Waals surface area contributed by atoms with E-state index in [-0.39, 0.29) is 11.5 Å². The fourth-order valence-corrected chi connectivity index (χ4v) is 4.08. The highest BCUT2D eigenvalue weighted by atomic mass is 35.5. The average molecular weight is 390 g/mol. The van der Waals surface area contributed by atoms with Crippen LogP contribution in [0.1, 0.15) is 9.67 Å². The van der Waals surface area contributed by atoms with E-state index in [1.54, 1.807) is 47.1 Å². The molecule has 0 spiro atoms. The third-order valence-electron chi connectivity index (χ3n) is 4.51. The lowest BCUT2D eigenvalue weighted by Gasteiger charge is -2.35. The summed E-state index contributed by atoms with van der Waals surface area (Å²) in [5.74, 6) is 0.393. The van der Waals surface area contributed by atoms with Crippen LogP contribution in [0.5, 0.6) is 0 Å². The third kappa shape index (κ3) is 2.95. The van der Waals surface area contributed by atoms with E-state index < -0.39 is 0 Å². The van der Waals surface area contributed by atoms with E-state index in [0.29, 0.717) is 46.7 Å². The number of piperazine rings is 1. The number of carbonyl (C=O) groups excluding carboxylic acids is 1. The molecule has 1 aliphatic heterocycles. The summed E-state index contributed by atoms with van der Waals surface area (Å²) in [5.41, 5.74) is 1.27. The van der Waals surface area contributed by atoms with Gasteiger partial charge < -0.3 is 14.4 Å². The fourth-order valence-electron chi connectivity index (χ4n) is 3.07. The summed E-state index contributed by atoms with van der Waals surface area (Å²) in [5, 5.41) is 0. The zero-order chi connectivity index (χ0) is 18.3. The molecule has 1 fully saturated rings. The minimum atomic E-state index is -0.157. The second kappa shape index (κ2) is 6.69. The molecule has 0 aromatic carbocycles. The Bertz CT molecular complexity index is 1040. The highest BCUT2D eigenvalue weighted by Gasteiger charge is 2.25. The Labute approximate surface area is 158 Å². The SMILES string of the molecule is Cn1c(=O)c(N2CCN(C(=O)c3ccc(Cl)s3)CC2)nc2ccncc21. The van der Waals surface area contributed by atoms with Crippen molar-refractivity contribution in [3.8, 4) is 0 Å². The Hall–Kier alpha value is -2.45. The molecule has 3 aromatic rings. The summed E-state index contributed by atoms with van der Waals surface area (Å²) in [7, 11) is 1.72. The molecule has 0 radical (unpaired) electrons. The Morgan fingerprint density at radius 2 is 1.96 bits per heavy atom. The van der Waals surface area contributed by atoms with E-state index in [1.165, 1.54) is 11.3 Å². The highest BCUT2D eigenvalue weighted by Crippen LogP contribution is 2.23. The van der Waals surface area contributed by atoms with Crippen molar-refractivity contribution in [1.29, 1.82) is 0 Å². The summed E-state index contributed by atoms with van der Waals surface area (Å²) >= 11 is 7.20. The molecule has 3 aromatic heterocycles. The number of fused-ring (bicyclic) bond motifs is 1. The molecule has 7 nitrogen and oxygen atoms in total. The molecule has 9 heteroatoms. The lowest BCUT2D eigenvalue weighted by Crippen LogP contribution is -2.50. The van der Waals surface area contributed by atoms with Crippen molar-refractivity contribution in [3.63, 3.8) is 0 Å². The Kier molecular flexibility index (Phi) is 4.37. The van der Waals surface area contributed by atoms with Gasteiger partial charge >= 0.3 is 0 Å². The Morgan fingerprint density at radius 3 is 2.65 bits per heavy atom. The number of halogens is 1. The maximum absolute atomic E-state index is 12.7. The predicted octanol–water partition coefficient (Wildman–Crippen LogP) is 2.01. The van der Waals surface area contributed by atoms with E-state index in [1.807, 2.05) is 4.90 Å². The van der Waals surface area contributed by atoms with E-state index in [4.69, 9.17) is 11.6 Å². The number of hydrogen-bond donors (Lipinski definition) is 0. The average Bonchev–Trinajstić information content (AvgIpc) is 3.11. The zero-order valence-corrected chi connectivity index (χ0v) is 15.6. The number of aromatic nitrogens is 3. The van der Waals surface area contributed by atoms with Gasteiger partial charge in [0.2, 0.25) is 0 Å². The van der Waals surface area contributed by atoms with Crippen LogP contribution in [-0.4, -0.2) is 51.5 Å². The molecule has 0 saturated carbocycles. The lowest BCUT2D eigenvalue weighted by molar-refractivity contribution is 0.0751. The van der Waals surface area contributed by atoms with E-state index in [2.05, 4.69) is 9.97 Å². The van der Waals surface area contributed by atoms with Crippen LogP contribution in [-0.2, 0) is 7.05 Å². The molecule has 0 unspecified atom stereocenters. The van der Waals surface area contributed by atoms with Gasteiger partial charge in [-0.15, -0.1) is 11.3 Å².